The molecule has 0 atom stereocenters. The Morgan fingerprint density at radius 2 is 1.61 bits per heavy atom. The maximum atomic E-state index is 13.1. The summed E-state index contributed by atoms with van der Waals surface area (Å²) in [4.78, 5) is 27.3. The van der Waals surface area contributed by atoms with Crippen LogP contribution in [0.1, 0.15) is 62.9 Å². The summed E-state index contributed by atoms with van der Waals surface area (Å²) in [6.07, 6.45) is 3.16. The molecule has 1 aliphatic rings. The van der Waals surface area contributed by atoms with Crippen molar-refractivity contribution in [1.29, 1.82) is 0 Å². The van der Waals surface area contributed by atoms with Gasteiger partial charge in [0, 0.05) is 29.9 Å². The maximum Gasteiger partial charge on any atom is 0.255 e. The second-order valence-electron chi connectivity index (χ2n) is 7.80. The fourth-order valence-electron chi connectivity index (χ4n) is 3.92. The molecule has 0 unspecified atom stereocenters. The highest BCUT2D eigenvalue weighted by Gasteiger charge is 2.24. The lowest BCUT2D eigenvalue weighted by Crippen LogP contribution is -2.35. The van der Waals surface area contributed by atoms with Gasteiger partial charge in [0.2, 0.25) is 11.7 Å². The molecule has 178 valence electrons. The topological polar surface area (TPSA) is 77.1 Å². The van der Waals surface area contributed by atoms with Crippen molar-refractivity contribution in [2.45, 2.75) is 53.4 Å². The number of amides is 2. The SMILES string of the molecule is CCCCN1C(=O)CCc2cc(NC(=O)c3cc(OCC)c(OCC)c(OCC)c3)ccc21. The average molecular weight is 455 g/mol. The number of aryl methyl sites for hydroxylation is 1. The van der Waals surface area contributed by atoms with Gasteiger partial charge in [-0.05, 0) is 69.5 Å². The van der Waals surface area contributed by atoms with E-state index in [0.717, 1.165) is 30.6 Å². The van der Waals surface area contributed by atoms with Gasteiger partial charge in [-0.15, -0.1) is 0 Å². The highest BCUT2D eigenvalue weighted by molar-refractivity contribution is 6.05. The van der Waals surface area contributed by atoms with Crippen molar-refractivity contribution in [2.24, 2.45) is 0 Å². The monoisotopic (exact) mass is 454 g/mol. The molecule has 7 heteroatoms. The third-order valence-corrected chi connectivity index (χ3v) is 5.44. The van der Waals surface area contributed by atoms with E-state index in [1.165, 1.54) is 0 Å². The van der Waals surface area contributed by atoms with Gasteiger partial charge in [0.15, 0.2) is 11.5 Å². The fourth-order valence-corrected chi connectivity index (χ4v) is 3.92. The van der Waals surface area contributed by atoms with Crippen LogP contribution in [-0.2, 0) is 11.2 Å². The van der Waals surface area contributed by atoms with Crippen molar-refractivity contribution in [3.8, 4) is 17.2 Å². The Hall–Kier alpha value is -3.22. The second kappa shape index (κ2) is 11.6. The van der Waals surface area contributed by atoms with E-state index in [0.29, 0.717) is 61.2 Å². The number of nitrogens with one attached hydrogen (secondary N) is 1. The number of ether oxygens (including phenoxy) is 3. The van der Waals surface area contributed by atoms with Crippen molar-refractivity contribution in [3.63, 3.8) is 0 Å². The van der Waals surface area contributed by atoms with Crippen molar-refractivity contribution in [1.82, 2.24) is 0 Å². The lowest BCUT2D eigenvalue weighted by Gasteiger charge is -2.29. The third-order valence-electron chi connectivity index (χ3n) is 5.44. The second-order valence-corrected chi connectivity index (χ2v) is 7.80. The summed E-state index contributed by atoms with van der Waals surface area (Å²) in [5, 5.41) is 2.97. The van der Waals surface area contributed by atoms with Crippen molar-refractivity contribution in [2.75, 3.05) is 36.6 Å². The number of benzene rings is 2. The van der Waals surface area contributed by atoms with Crippen LogP contribution in [0.3, 0.4) is 0 Å². The Balaban J connectivity index is 1.86. The number of anilines is 2. The molecule has 0 aromatic heterocycles. The third kappa shape index (κ3) is 5.78. The minimum atomic E-state index is -0.269. The first-order valence-corrected chi connectivity index (χ1v) is 11.8. The zero-order valence-corrected chi connectivity index (χ0v) is 20.0. The zero-order chi connectivity index (χ0) is 23.8. The molecule has 0 fully saturated rings. The summed E-state index contributed by atoms with van der Waals surface area (Å²) in [5.74, 6) is 1.35. The Kier molecular flexibility index (Phi) is 8.58. The molecule has 0 spiro atoms. The van der Waals surface area contributed by atoms with Gasteiger partial charge in [-0.3, -0.25) is 9.59 Å². The van der Waals surface area contributed by atoms with Crippen LogP contribution in [-0.4, -0.2) is 38.2 Å². The van der Waals surface area contributed by atoms with E-state index in [-0.39, 0.29) is 11.8 Å². The molecule has 0 radical (unpaired) electrons. The molecule has 0 bridgehead atoms. The maximum absolute atomic E-state index is 13.1. The largest absolute Gasteiger partial charge is 0.490 e. The smallest absolute Gasteiger partial charge is 0.255 e. The summed E-state index contributed by atoms with van der Waals surface area (Å²) < 4.78 is 17.2. The van der Waals surface area contributed by atoms with E-state index in [1.54, 1.807) is 12.1 Å². The summed E-state index contributed by atoms with van der Waals surface area (Å²) in [6, 6.07) is 9.08. The zero-order valence-electron chi connectivity index (χ0n) is 20.0. The molecule has 3 rings (SSSR count). The van der Waals surface area contributed by atoms with Gasteiger partial charge in [0.25, 0.3) is 5.91 Å². The van der Waals surface area contributed by atoms with E-state index < -0.39 is 0 Å². The number of hydrogen-bond acceptors (Lipinski definition) is 5. The molecule has 7 nitrogen and oxygen atoms in total. The van der Waals surface area contributed by atoms with Crippen LogP contribution in [0.25, 0.3) is 0 Å². The van der Waals surface area contributed by atoms with Gasteiger partial charge in [-0.25, -0.2) is 0 Å². The number of nitrogens with zero attached hydrogens (tertiary/aromatic N) is 1. The fraction of sp³-hybridized carbons (Fsp3) is 0.462. The van der Waals surface area contributed by atoms with Gasteiger partial charge < -0.3 is 24.4 Å². The highest BCUT2D eigenvalue weighted by Crippen LogP contribution is 2.39. The normalized spacial score (nSPS) is 12.8. The predicted octanol–water partition coefficient (Wildman–Crippen LogP) is 5.21. The van der Waals surface area contributed by atoms with E-state index in [4.69, 9.17) is 14.2 Å². The Labute approximate surface area is 196 Å². The minimum absolute atomic E-state index is 0.161. The van der Waals surface area contributed by atoms with Gasteiger partial charge in [-0.1, -0.05) is 13.3 Å². The summed E-state index contributed by atoms with van der Waals surface area (Å²) in [7, 11) is 0. The molecule has 2 amide bonds. The predicted molar refractivity (Wildman–Crippen MR) is 130 cm³/mol. The van der Waals surface area contributed by atoms with Crippen LogP contribution in [0.5, 0.6) is 17.2 Å². The first kappa shape index (κ1) is 24.4. The molecular formula is C26H34N2O5. The standard InChI is InChI=1S/C26H34N2O5/c1-5-9-14-28-21-12-11-20(15-18(21)10-13-24(28)29)27-26(30)19-16-22(31-6-2)25(33-8-4)23(17-19)32-7-3/h11-12,15-17H,5-10,13-14H2,1-4H3,(H,27,30). The molecule has 33 heavy (non-hydrogen) atoms. The number of carbonyl (C=O) groups is 2. The van der Waals surface area contributed by atoms with Crippen LogP contribution < -0.4 is 24.4 Å². The molecule has 2 aromatic rings. The van der Waals surface area contributed by atoms with Crippen LogP contribution in [0.2, 0.25) is 0 Å². The number of carbonyl (C=O) groups excluding carboxylic acids is 2. The molecular weight excluding hydrogens is 420 g/mol. The van der Waals surface area contributed by atoms with Gasteiger partial charge in [0.1, 0.15) is 0 Å². The van der Waals surface area contributed by atoms with E-state index in [1.807, 2.05) is 43.9 Å². The number of hydrogen-bond donors (Lipinski definition) is 1. The lowest BCUT2D eigenvalue weighted by atomic mass is 10.00. The first-order chi connectivity index (χ1) is 16.0. The molecule has 1 N–H and O–H groups in total. The van der Waals surface area contributed by atoms with E-state index in [2.05, 4.69) is 12.2 Å². The highest BCUT2D eigenvalue weighted by atomic mass is 16.5. The molecule has 1 aliphatic heterocycles. The molecule has 0 saturated carbocycles. The van der Waals surface area contributed by atoms with E-state index >= 15 is 0 Å². The average Bonchev–Trinajstić information content (AvgIpc) is 2.80. The van der Waals surface area contributed by atoms with Crippen molar-refractivity contribution in [3.05, 3.63) is 41.5 Å². The minimum Gasteiger partial charge on any atom is -0.490 e. The van der Waals surface area contributed by atoms with Gasteiger partial charge in [0.05, 0.1) is 19.8 Å². The molecule has 0 aliphatic carbocycles. The Bertz CT molecular complexity index is 962. The Morgan fingerprint density at radius 3 is 2.21 bits per heavy atom. The number of unbranched alkanes of at least 4 members (excludes halogenated alkanes) is 1. The quantitative estimate of drug-likeness (QED) is 0.504. The van der Waals surface area contributed by atoms with Crippen LogP contribution in [0.15, 0.2) is 30.3 Å². The first-order valence-electron chi connectivity index (χ1n) is 11.8. The van der Waals surface area contributed by atoms with Gasteiger partial charge >= 0.3 is 0 Å². The lowest BCUT2D eigenvalue weighted by molar-refractivity contribution is -0.118. The number of rotatable bonds is 11. The number of fused-ring (bicyclic) bond motifs is 1. The molecule has 0 saturated heterocycles. The van der Waals surface area contributed by atoms with Crippen LogP contribution in [0, 0.1) is 0 Å². The van der Waals surface area contributed by atoms with Crippen LogP contribution >= 0.6 is 0 Å². The van der Waals surface area contributed by atoms with E-state index in [9.17, 15) is 9.59 Å². The van der Waals surface area contributed by atoms with Crippen molar-refractivity contribution >= 4 is 23.2 Å². The van der Waals surface area contributed by atoms with Crippen molar-refractivity contribution < 1.29 is 23.8 Å². The van der Waals surface area contributed by atoms with Crippen LogP contribution in [0.4, 0.5) is 11.4 Å². The summed E-state index contributed by atoms with van der Waals surface area (Å²) >= 11 is 0. The summed E-state index contributed by atoms with van der Waals surface area (Å²) in [6.45, 7) is 9.82. The van der Waals surface area contributed by atoms with Gasteiger partial charge in [-0.2, -0.15) is 0 Å². The Morgan fingerprint density at radius 1 is 0.939 bits per heavy atom. The summed E-state index contributed by atoms with van der Waals surface area (Å²) in [5.41, 5.74) is 3.12. The molecule has 2 aromatic carbocycles. The molecule has 1 heterocycles.